The third kappa shape index (κ3) is 9.81. The molecule has 1 N–H and O–H groups in total. The van der Waals surface area contributed by atoms with Gasteiger partial charge in [-0.05, 0) is 59.8 Å². The second-order valence-electron chi connectivity index (χ2n) is 11.5. The maximum atomic E-state index is 9.00. The van der Waals surface area contributed by atoms with E-state index in [1.807, 2.05) is 47.5 Å². The molecule has 50 heavy (non-hydrogen) atoms. The summed E-state index contributed by atoms with van der Waals surface area (Å²) in [5, 5.41) is 18.5. The molecule has 0 unspecified atom stereocenters. The van der Waals surface area contributed by atoms with Gasteiger partial charge in [-0.2, -0.15) is 23.7 Å². The smallest absolute Gasteiger partial charge is 0.300 e. The fraction of sp³-hybridized carbons (Fsp3) is 0.0930. The van der Waals surface area contributed by atoms with Gasteiger partial charge in [0.1, 0.15) is 6.67 Å². The number of carboxylic acids is 1. The molecule has 256 valence electrons. The van der Waals surface area contributed by atoms with Crippen molar-refractivity contribution in [1.82, 2.24) is 0 Å². The van der Waals surface area contributed by atoms with Gasteiger partial charge in [0.25, 0.3) is 5.97 Å². The standard InChI is InChI=1S/C21H20P.C20H17N3.C2H4O2.Pd/c1-16-10-4-7-13-19(16)22(20-14-8-5-11-17(20)2)21-15-9-6-12-18(21)3;1-4-10-17(11-5-1)20-21-23(19-14-8-3-9-15-19)16-22(20)18-12-6-2-7-13-18;1-2(3)4;/h4-15H,1H2,2-3H3;1-15H,16H2;1H3,(H,3,4);/q-1;;;. The van der Waals surface area contributed by atoms with Gasteiger partial charge in [0, 0.05) is 38.6 Å². The summed E-state index contributed by atoms with van der Waals surface area (Å²) in [5.41, 5.74) is 7.18. The summed E-state index contributed by atoms with van der Waals surface area (Å²) >= 11 is 0. The molecular weight excluding hydrogens is 728 g/mol. The molecule has 0 aliphatic carbocycles. The van der Waals surface area contributed by atoms with Crippen LogP contribution in [-0.2, 0) is 25.2 Å². The summed E-state index contributed by atoms with van der Waals surface area (Å²) in [6.07, 6.45) is 0. The topological polar surface area (TPSA) is 56.1 Å². The first-order valence-electron chi connectivity index (χ1n) is 16.1. The molecule has 0 fully saturated rings. The van der Waals surface area contributed by atoms with E-state index in [0.29, 0.717) is 6.67 Å². The van der Waals surface area contributed by atoms with Crippen molar-refractivity contribution in [2.75, 3.05) is 16.6 Å². The summed E-state index contributed by atoms with van der Waals surface area (Å²) in [4.78, 5) is 11.2. The molecular formula is C43H41N3O2PPd-. The van der Waals surface area contributed by atoms with Gasteiger partial charge in [-0.15, -0.1) is 17.4 Å². The van der Waals surface area contributed by atoms with Crippen LogP contribution in [0, 0.1) is 20.8 Å². The number of aliphatic carboxylic acids is 1. The van der Waals surface area contributed by atoms with Gasteiger partial charge < -0.3 is 10.0 Å². The zero-order valence-corrected chi connectivity index (χ0v) is 30.9. The van der Waals surface area contributed by atoms with Gasteiger partial charge in [0.2, 0.25) is 0 Å². The minimum atomic E-state index is -0.833. The predicted octanol–water partition coefficient (Wildman–Crippen LogP) is 8.66. The second-order valence-corrected chi connectivity index (χ2v) is 13.6. The van der Waals surface area contributed by atoms with Crippen LogP contribution in [0.25, 0.3) is 0 Å². The Morgan fingerprint density at radius 3 is 1.50 bits per heavy atom. The Hall–Kier alpha value is -4.98. The van der Waals surface area contributed by atoms with Crippen LogP contribution >= 0.6 is 7.92 Å². The molecule has 0 spiro atoms. The first kappa shape index (κ1) is 37.8. The molecule has 1 heterocycles. The van der Waals surface area contributed by atoms with Crippen molar-refractivity contribution in [2.24, 2.45) is 5.10 Å². The number of carboxylic acid groups (broad SMARTS) is 1. The molecule has 7 heteroatoms. The number of carbonyl (C=O) groups is 1. The quantitative estimate of drug-likeness (QED) is 0.105. The van der Waals surface area contributed by atoms with Crippen molar-refractivity contribution in [3.05, 3.63) is 193 Å². The fourth-order valence-electron chi connectivity index (χ4n) is 5.50. The van der Waals surface area contributed by atoms with Crippen LogP contribution < -0.4 is 25.8 Å². The maximum Gasteiger partial charge on any atom is 0.300 e. The first-order valence-corrected chi connectivity index (χ1v) is 17.5. The number of benzene rings is 6. The monoisotopic (exact) mass is 768 g/mol. The molecule has 0 radical (unpaired) electrons. The van der Waals surface area contributed by atoms with Gasteiger partial charge in [0.05, 0.1) is 5.69 Å². The average Bonchev–Trinajstić information content (AvgIpc) is 3.58. The number of aryl methyl sites for hydroxylation is 2. The minimum Gasteiger partial charge on any atom is -0.481 e. The molecule has 7 rings (SSSR count). The Kier molecular flexibility index (Phi) is 14.1. The molecule has 0 amide bonds. The van der Waals surface area contributed by atoms with Crippen LogP contribution in [-0.4, -0.2) is 23.6 Å². The molecule has 0 atom stereocenters. The van der Waals surface area contributed by atoms with E-state index < -0.39 is 13.9 Å². The summed E-state index contributed by atoms with van der Waals surface area (Å²) < 4.78 is 0. The van der Waals surface area contributed by atoms with E-state index in [1.54, 1.807) is 0 Å². The van der Waals surface area contributed by atoms with Crippen molar-refractivity contribution >= 4 is 47.0 Å². The van der Waals surface area contributed by atoms with Crippen molar-refractivity contribution in [1.29, 1.82) is 0 Å². The van der Waals surface area contributed by atoms with Crippen LogP contribution in [0.15, 0.2) is 169 Å². The average molecular weight is 769 g/mol. The predicted molar refractivity (Wildman–Crippen MR) is 208 cm³/mol. The van der Waals surface area contributed by atoms with E-state index >= 15 is 0 Å². The molecule has 6 aromatic rings. The van der Waals surface area contributed by atoms with Crippen LogP contribution in [0.3, 0.4) is 0 Å². The molecule has 6 aromatic carbocycles. The van der Waals surface area contributed by atoms with E-state index in [-0.39, 0.29) is 20.4 Å². The number of nitrogens with zero attached hydrogens (tertiary/aromatic N) is 3. The number of hydrogen-bond donors (Lipinski definition) is 1. The normalized spacial score (nSPS) is 11.7. The number of para-hydroxylation sites is 2. The molecule has 5 nitrogen and oxygen atoms in total. The Morgan fingerprint density at radius 1 is 0.620 bits per heavy atom. The first-order chi connectivity index (χ1) is 23.8. The zero-order valence-electron chi connectivity index (χ0n) is 28.5. The number of hydrazone groups is 1. The molecule has 0 saturated carbocycles. The Morgan fingerprint density at radius 2 is 1.02 bits per heavy atom. The van der Waals surface area contributed by atoms with Crippen molar-refractivity contribution < 1.29 is 30.3 Å². The van der Waals surface area contributed by atoms with Crippen LogP contribution in [0.1, 0.15) is 29.2 Å². The van der Waals surface area contributed by atoms with Crippen LogP contribution in [0.2, 0.25) is 0 Å². The van der Waals surface area contributed by atoms with Crippen molar-refractivity contribution in [2.45, 2.75) is 20.8 Å². The number of anilines is 2. The van der Waals surface area contributed by atoms with Crippen molar-refractivity contribution in [3.8, 4) is 0 Å². The van der Waals surface area contributed by atoms with Gasteiger partial charge in [-0.25, -0.2) is 5.01 Å². The SMILES string of the molecule is CC(=O)O.[CH2-]c1ccccc1P(c1ccccc1C)c1ccccc1C.[Pd].c1ccc(C2=NN(c3ccccc3)CN2c2ccccc2)cc1. The summed E-state index contributed by atoms with van der Waals surface area (Å²) in [5.74, 6) is 0.139. The minimum absolute atomic E-state index is 0. The Balaban J connectivity index is 0.000000200. The second kappa shape index (κ2) is 18.7. The largest absolute Gasteiger partial charge is 0.481 e. The summed E-state index contributed by atoms with van der Waals surface area (Å²) in [6, 6.07) is 57.0. The Bertz CT molecular complexity index is 1880. The van der Waals surface area contributed by atoms with Gasteiger partial charge in [0.15, 0.2) is 5.84 Å². The summed E-state index contributed by atoms with van der Waals surface area (Å²) in [6.45, 7) is 10.5. The van der Waals surface area contributed by atoms with Gasteiger partial charge in [-0.1, -0.05) is 129 Å². The number of hydrogen-bond acceptors (Lipinski definition) is 4. The van der Waals surface area contributed by atoms with E-state index in [0.717, 1.165) is 35.3 Å². The zero-order chi connectivity index (χ0) is 34.6. The van der Waals surface area contributed by atoms with E-state index in [4.69, 9.17) is 15.0 Å². The van der Waals surface area contributed by atoms with Crippen LogP contribution in [0.4, 0.5) is 11.4 Å². The molecule has 0 bridgehead atoms. The molecule has 1 aliphatic rings. The fourth-order valence-corrected chi connectivity index (χ4v) is 8.20. The van der Waals surface area contributed by atoms with E-state index in [9.17, 15) is 0 Å². The maximum absolute atomic E-state index is 9.00. The third-order valence-corrected chi connectivity index (χ3v) is 10.7. The van der Waals surface area contributed by atoms with Gasteiger partial charge in [-0.3, -0.25) is 4.79 Å². The molecule has 0 saturated heterocycles. The van der Waals surface area contributed by atoms with E-state index in [1.165, 1.54) is 27.0 Å². The van der Waals surface area contributed by atoms with Crippen LogP contribution in [0.5, 0.6) is 0 Å². The number of amidine groups is 1. The summed E-state index contributed by atoms with van der Waals surface area (Å²) in [7, 11) is -0.571. The third-order valence-electron chi connectivity index (χ3n) is 7.85. The molecule has 1 aliphatic heterocycles. The van der Waals surface area contributed by atoms with Crippen molar-refractivity contribution in [3.63, 3.8) is 0 Å². The van der Waals surface area contributed by atoms with Gasteiger partial charge >= 0.3 is 0 Å². The Labute approximate surface area is 311 Å². The number of rotatable bonds is 6. The van der Waals surface area contributed by atoms with E-state index in [2.05, 4.69) is 147 Å². The molecule has 0 aromatic heterocycles.